The number of fused-ring (bicyclic) bond motifs is 1. The molecule has 0 amide bonds. The molecule has 3 aromatic rings. The maximum atomic E-state index is 12.8. The minimum Gasteiger partial charge on any atom is -0.313 e. The van der Waals surface area contributed by atoms with E-state index in [1.54, 1.807) is 24.4 Å². The van der Waals surface area contributed by atoms with Crippen molar-refractivity contribution in [2.24, 2.45) is 0 Å². The van der Waals surface area contributed by atoms with Gasteiger partial charge < -0.3 is 4.98 Å². The molecule has 0 saturated carbocycles. The highest BCUT2D eigenvalue weighted by molar-refractivity contribution is 5.79. The largest absolute Gasteiger partial charge is 0.313 e. The maximum absolute atomic E-state index is 12.8. The van der Waals surface area contributed by atoms with E-state index >= 15 is 0 Å². The summed E-state index contributed by atoms with van der Waals surface area (Å²) in [5, 5.41) is 0.416. The van der Waals surface area contributed by atoms with Crippen molar-refractivity contribution in [1.82, 2.24) is 15.0 Å². The zero-order valence-corrected chi connectivity index (χ0v) is 9.22. The van der Waals surface area contributed by atoms with E-state index in [0.717, 1.165) is 11.1 Å². The highest BCUT2D eigenvalue weighted by atomic mass is 19.1. The molecule has 5 heteroatoms. The van der Waals surface area contributed by atoms with Gasteiger partial charge in [-0.15, -0.1) is 0 Å². The second-order valence-electron chi connectivity index (χ2n) is 3.83. The smallest absolute Gasteiger partial charge is 0.260 e. The lowest BCUT2D eigenvalue weighted by Gasteiger charge is -2.02. The number of halogens is 1. The van der Waals surface area contributed by atoms with Crippen molar-refractivity contribution in [2.45, 2.75) is 0 Å². The van der Waals surface area contributed by atoms with Crippen LogP contribution in [0, 0.1) is 5.82 Å². The molecule has 18 heavy (non-hydrogen) atoms. The minimum absolute atomic E-state index is 0.239. The van der Waals surface area contributed by atoms with E-state index in [0.29, 0.717) is 11.0 Å². The monoisotopic (exact) mass is 241 g/mol. The Morgan fingerprint density at radius 3 is 2.61 bits per heavy atom. The van der Waals surface area contributed by atoms with E-state index in [-0.39, 0.29) is 11.4 Å². The van der Waals surface area contributed by atoms with Gasteiger partial charge in [-0.25, -0.2) is 14.4 Å². The van der Waals surface area contributed by atoms with Crippen LogP contribution in [0.4, 0.5) is 4.39 Å². The van der Waals surface area contributed by atoms with Crippen molar-refractivity contribution in [1.29, 1.82) is 0 Å². The summed E-state index contributed by atoms with van der Waals surface area (Å²) in [6, 6.07) is 7.72. The molecule has 4 nitrogen and oxygen atoms in total. The first-order valence-corrected chi connectivity index (χ1v) is 5.33. The average Bonchev–Trinajstić information content (AvgIpc) is 2.40. The fourth-order valence-corrected chi connectivity index (χ4v) is 1.76. The molecule has 0 fully saturated rings. The Balaban J connectivity index is 2.22. The van der Waals surface area contributed by atoms with E-state index in [1.807, 2.05) is 0 Å². The fourth-order valence-electron chi connectivity index (χ4n) is 1.76. The van der Waals surface area contributed by atoms with Crippen molar-refractivity contribution in [3.63, 3.8) is 0 Å². The van der Waals surface area contributed by atoms with Crippen LogP contribution in [0.3, 0.4) is 0 Å². The topological polar surface area (TPSA) is 58.6 Å². The number of hydrogen-bond acceptors (Lipinski definition) is 3. The number of nitrogens with zero attached hydrogens (tertiary/aromatic N) is 2. The van der Waals surface area contributed by atoms with E-state index in [2.05, 4.69) is 15.0 Å². The van der Waals surface area contributed by atoms with Crippen molar-refractivity contribution in [3.8, 4) is 11.1 Å². The van der Waals surface area contributed by atoms with E-state index in [1.165, 1.54) is 18.5 Å². The zero-order valence-electron chi connectivity index (χ0n) is 9.22. The van der Waals surface area contributed by atoms with Gasteiger partial charge in [0.2, 0.25) is 0 Å². The Bertz CT molecular complexity index is 765. The molecular weight excluding hydrogens is 233 g/mol. The molecular formula is C13H8FN3O. The van der Waals surface area contributed by atoms with Crippen LogP contribution in [0.2, 0.25) is 0 Å². The van der Waals surface area contributed by atoms with Crippen LogP contribution in [-0.4, -0.2) is 15.0 Å². The Hall–Kier alpha value is -2.56. The summed E-state index contributed by atoms with van der Waals surface area (Å²) in [4.78, 5) is 22.2. The van der Waals surface area contributed by atoms with Gasteiger partial charge in [-0.2, -0.15) is 0 Å². The first kappa shape index (κ1) is 10.6. The van der Waals surface area contributed by atoms with Gasteiger partial charge in [0.05, 0.1) is 11.7 Å². The highest BCUT2D eigenvalue weighted by Crippen LogP contribution is 2.20. The highest BCUT2D eigenvalue weighted by Gasteiger charge is 2.04. The molecule has 3 rings (SSSR count). The summed E-state index contributed by atoms with van der Waals surface area (Å²) >= 11 is 0. The summed E-state index contributed by atoms with van der Waals surface area (Å²) in [6.45, 7) is 0. The number of H-pyrrole nitrogens is 1. The summed E-state index contributed by atoms with van der Waals surface area (Å²) in [7, 11) is 0. The van der Waals surface area contributed by atoms with E-state index in [9.17, 15) is 9.18 Å². The molecule has 0 radical (unpaired) electrons. The summed E-state index contributed by atoms with van der Waals surface area (Å²) < 4.78 is 12.8. The van der Waals surface area contributed by atoms with Crippen LogP contribution < -0.4 is 5.56 Å². The van der Waals surface area contributed by atoms with Crippen molar-refractivity contribution >= 4 is 11.0 Å². The third kappa shape index (κ3) is 1.75. The molecule has 2 aromatic heterocycles. The van der Waals surface area contributed by atoms with Gasteiger partial charge in [0, 0.05) is 11.8 Å². The fraction of sp³-hybridized carbons (Fsp3) is 0. The van der Waals surface area contributed by atoms with Gasteiger partial charge in [-0.3, -0.25) is 4.79 Å². The number of hydrogen-bond donors (Lipinski definition) is 1. The lowest BCUT2D eigenvalue weighted by atomic mass is 10.1. The van der Waals surface area contributed by atoms with Gasteiger partial charge in [-0.05, 0) is 23.8 Å². The molecule has 0 saturated heterocycles. The lowest BCUT2D eigenvalue weighted by Crippen LogP contribution is -2.07. The number of nitrogens with one attached hydrogen (secondary N) is 1. The van der Waals surface area contributed by atoms with Crippen molar-refractivity contribution in [3.05, 3.63) is 59.0 Å². The average molecular weight is 241 g/mol. The van der Waals surface area contributed by atoms with Crippen LogP contribution in [0.1, 0.15) is 0 Å². The van der Waals surface area contributed by atoms with Gasteiger partial charge in [0.1, 0.15) is 5.82 Å². The predicted octanol–water partition coefficient (Wildman–Crippen LogP) is 2.12. The Morgan fingerprint density at radius 2 is 1.83 bits per heavy atom. The van der Waals surface area contributed by atoms with Gasteiger partial charge in [0.25, 0.3) is 5.56 Å². The number of pyridine rings is 1. The minimum atomic E-state index is -0.299. The van der Waals surface area contributed by atoms with Gasteiger partial charge in [-0.1, -0.05) is 12.1 Å². The predicted molar refractivity (Wildman–Crippen MR) is 65.6 cm³/mol. The Kier molecular flexibility index (Phi) is 2.37. The second kappa shape index (κ2) is 4.03. The molecule has 0 spiro atoms. The molecule has 1 aromatic carbocycles. The zero-order chi connectivity index (χ0) is 12.5. The molecule has 88 valence electrons. The van der Waals surface area contributed by atoms with Crippen LogP contribution in [0.15, 0.2) is 47.7 Å². The summed E-state index contributed by atoms with van der Waals surface area (Å²) in [5.74, 6) is -0.299. The molecule has 2 heterocycles. The molecule has 0 aliphatic rings. The Labute approximate surface area is 101 Å². The third-order valence-corrected chi connectivity index (χ3v) is 2.67. The quantitative estimate of drug-likeness (QED) is 0.710. The SMILES string of the molecule is O=c1[nH]cnc2ncc(-c3ccc(F)cc3)cc12. The van der Waals surface area contributed by atoms with E-state index in [4.69, 9.17) is 0 Å². The molecule has 0 aliphatic carbocycles. The summed E-state index contributed by atoms with van der Waals surface area (Å²) in [6.07, 6.45) is 2.93. The van der Waals surface area contributed by atoms with Crippen LogP contribution >= 0.6 is 0 Å². The van der Waals surface area contributed by atoms with Crippen LogP contribution in [0.5, 0.6) is 0 Å². The third-order valence-electron chi connectivity index (χ3n) is 2.67. The molecule has 0 atom stereocenters. The van der Waals surface area contributed by atoms with Crippen molar-refractivity contribution < 1.29 is 4.39 Å². The summed E-state index contributed by atoms with van der Waals surface area (Å²) in [5.41, 5.74) is 1.70. The first-order valence-electron chi connectivity index (χ1n) is 5.33. The maximum Gasteiger partial charge on any atom is 0.260 e. The van der Waals surface area contributed by atoms with Gasteiger partial charge >= 0.3 is 0 Å². The number of aromatic nitrogens is 3. The van der Waals surface area contributed by atoms with Gasteiger partial charge in [0.15, 0.2) is 5.65 Å². The standard InChI is InChI=1S/C13H8FN3O/c14-10-3-1-8(2-4-10)9-5-11-12(15-6-9)16-7-17-13(11)18/h1-7H,(H,15,16,17,18). The number of benzene rings is 1. The first-order chi connectivity index (χ1) is 8.74. The Morgan fingerprint density at radius 1 is 1.06 bits per heavy atom. The molecule has 0 bridgehead atoms. The van der Waals surface area contributed by atoms with Crippen molar-refractivity contribution in [2.75, 3.05) is 0 Å². The lowest BCUT2D eigenvalue weighted by molar-refractivity contribution is 0.628. The second-order valence-corrected chi connectivity index (χ2v) is 3.83. The number of rotatable bonds is 1. The molecule has 0 aliphatic heterocycles. The van der Waals surface area contributed by atoms with Crippen LogP contribution in [0.25, 0.3) is 22.2 Å². The molecule has 0 unspecified atom stereocenters. The normalized spacial score (nSPS) is 10.7. The van der Waals surface area contributed by atoms with Crippen LogP contribution in [-0.2, 0) is 0 Å². The number of aromatic amines is 1. The molecule has 1 N–H and O–H groups in total. The van der Waals surface area contributed by atoms with E-state index < -0.39 is 0 Å².